The molecule has 1 aliphatic carbocycles. The summed E-state index contributed by atoms with van der Waals surface area (Å²) in [6, 6.07) is 8.02. The molecule has 2 fully saturated rings. The number of hydrogen-bond donors (Lipinski definition) is 2. The fraction of sp³-hybridized carbons (Fsp3) is 0.467. The molecule has 21 heavy (non-hydrogen) atoms. The van der Waals surface area contributed by atoms with E-state index >= 15 is 0 Å². The average Bonchev–Trinajstić information content (AvgIpc) is 3.15. The number of carbonyl (C=O) groups excluding carboxylic acids is 2. The number of benzene rings is 1. The fourth-order valence-corrected chi connectivity index (χ4v) is 4.97. The van der Waals surface area contributed by atoms with Crippen molar-refractivity contribution in [2.75, 3.05) is 18.1 Å². The Bertz CT molecular complexity index is 523. The first-order valence-corrected chi connectivity index (χ1v) is 9.23. The van der Waals surface area contributed by atoms with Crippen molar-refractivity contribution < 1.29 is 9.59 Å². The van der Waals surface area contributed by atoms with E-state index in [4.69, 9.17) is 0 Å². The Kier molecular flexibility index (Phi) is 4.75. The van der Waals surface area contributed by atoms with Crippen LogP contribution in [0.15, 0.2) is 24.3 Å². The third-order valence-corrected chi connectivity index (χ3v) is 6.52. The van der Waals surface area contributed by atoms with Crippen LogP contribution in [0.4, 0.5) is 0 Å². The van der Waals surface area contributed by atoms with Gasteiger partial charge >= 0.3 is 0 Å². The van der Waals surface area contributed by atoms with Crippen LogP contribution in [0.25, 0.3) is 0 Å². The summed E-state index contributed by atoms with van der Waals surface area (Å²) in [6.07, 6.45) is 2.11. The maximum absolute atomic E-state index is 12.0. The van der Waals surface area contributed by atoms with E-state index in [0.717, 1.165) is 12.8 Å². The van der Waals surface area contributed by atoms with Gasteiger partial charge in [-0.05, 0) is 30.5 Å². The Morgan fingerprint density at radius 2 is 1.76 bits per heavy atom. The Balaban J connectivity index is 1.50. The minimum atomic E-state index is -0.195. The van der Waals surface area contributed by atoms with Crippen LogP contribution in [0.3, 0.4) is 0 Å². The summed E-state index contributed by atoms with van der Waals surface area (Å²) in [4.78, 5) is 23.5. The van der Waals surface area contributed by atoms with Gasteiger partial charge < -0.3 is 10.6 Å². The molecule has 0 aromatic heterocycles. The van der Waals surface area contributed by atoms with Gasteiger partial charge in [0, 0.05) is 23.1 Å². The first-order valence-electron chi connectivity index (χ1n) is 7.13. The Labute approximate surface area is 132 Å². The summed E-state index contributed by atoms with van der Waals surface area (Å²) in [6.45, 7) is 0.0470. The summed E-state index contributed by atoms with van der Waals surface area (Å²) < 4.78 is 0.492. The molecule has 1 aromatic carbocycles. The van der Waals surface area contributed by atoms with Gasteiger partial charge in [-0.25, -0.2) is 0 Å². The van der Waals surface area contributed by atoms with Gasteiger partial charge in [-0.3, -0.25) is 9.59 Å². The molecule has 112 valence electrons. The van der Waals surface area contributed by atoms with Gasteiger partial charge in [0.2, 0.25) is 5.91 Å². The third kappa shape index (κ3) is 4.17. The van der Waals surface area contributed by atoms with Crippen LogP contribution in [0, 0.1) is 0 Å². The van der Waals surface area contributed by atoms with E-state index < -0.39 is 0 Å². The zero-order chi connectivity index (χ0) is 14.7. The predicted octanol–water partition coefficient (Wildman–Crippen LogP) is 2.17. The molecule has 0 bridgehead atoms. The molecule has 0 spiro atoms. The van der Waals surface area contributed by atoms with E-state index in [1.54, 1.807) is 0 Å². The second-order valence-corrected chi connectivity index (χ2v) is 7.94. The standard InChI is InChI=1S/C15H18N2O2S2/c18-13(17-12-5-6-12)9-16-14(19)10-1-3-11(4-2-10)15-20-7-8-21-15/h1-4,12,15H,5-9H2,(H,16,19)(H,17,18). The summed E-state index contributed by atoms with van der Waals surface area (Å²) in [7, 11) is 0. The number of thioether (sulfide) groups is 2. The lowest BCUT2D eigenvalue weighted by Gasteiger charge is -2.09. The number of nitrogens with one attached hydrogen (secondary N) is 2. The summed E-state index contributed by atoms with van der Waals surface area (Å²) in [5.74, 6) is 2.07. The van der Waals surface area contributed by atoms with Crippen molar-refractivity contribution in [2.24, 2.45) is 0 Å². The highest BCUT2D eigenvalue weighted by Gasteiger charge is 2.23. The molecule has 1 saturated heterocycles. The number of rotatable bonds is 5. The highest BCUT2D eigenvalue weighted by Crippen LogP contribution is 2.45. The lowest BCUT2D eigenvalue weighted by atomic mass is 10.1. The van der Waals surface area contributed by atoms with E-state index in [2.05, 4.69) is 10.6 Å². The van der Waals surface area contributed by atoms with E-state index in [1.165, 1.54) is 17.1 Å². The molecule has 1 heterocycles. The van der Waals surface area contributed by atoms with Crippen molar-refractivity contribution in [2.45, 2.75) is 23.5 Å². The maximum Gasteiger partial charge on any atom is 0.251 e. The molecule has 0 unspecified atom stereocenters. The molecule has 0 radical (unpaired) electrons. The lowest BCUT2D eigenvalue weighted by molar-refractivity contribution is -0.120. The summed E-state index contributed by atoms with van der Waals surface area (Å²) >= 11 is 3.89. The molecule has 2 amide bonds. The second-order valence-electron chi connectivity index (χ2n) is 5.22. The van der Waals surface area contributed by atoms with Gasteiger partial charge in [-0.1, -0.05) is 12.1 Å². The highest BCUT2D eigenvalue weighted by molar-refractivity contribution is 8.19. The molecule has 2 N–H and O–H groups in total. The first kappa shape index (κ1) is 14.8. The van der Waals surface area contributed by atoms with Gasteiger partial charge in [0.1, 0.15) is 0 Å². The second kappa shape index (κ2) is 6.75. The van der Waals surface area contributed by atoms with Gasteiger partial charge in [-0.15, -0.1) is 23.5 Å². The molecule has 4 nitrogen and oxygen atoms in total. The molecular weight excluding hydrogens is 304 g/mol. The minimum absolute atomic E-state index is 0.0470. The minimum Gasteiger partial charge on any atom is -0.352 e. The average molecular weight is 322 g/mol. The van der Waals surface area contributed by atoms with Gasteiger partial charge in [0.25, 0.3) is 5.91 Å². The molecule has 1 aromatic rings. The fourth-order valence-electron chi connectivity index (χ4n) is 2.11. The van der Waals surface area contributed by atoms with Crippen LogP contribution in [-0.2, 0) is 4.79 Å². The van der Waals surface area contributed by atoms with Crippen molar-refractivity contribution >= 4 is 35.3 Å². The first-order chi connectivity index (χ1) is 10.2. The topological polar surface area (TPSA) is 58.2 Å². The van der Waals surface area contributed by atoms with Crippen LogP contribution in [0.5, 0.6) is 0 Å². The van der Waals surface area contributed by atoms with Crippen molar-refractivity contribution in [3.63, 3.8) is 0 Å². The van der Waals surface area contributed by atoms with Gasteiger partial charge in [0.15, 0.2) is 0 Å². The molecule has 6 heteroatoms. The van der Waals surface area contributed by atoms with E-state index in [1.807, 2.05) is 47.8 Å². The van der Waals surface area contributed by atoms with Crippen LogP contribution in [-0.4, -0.2) is 35.9 Å². The number of amides is 2. The zero-order valence-corrected chi connectivity index (χ0v) is 13.3. The Morgan fingerprint density at radius 1 is 1.10 bits per heavy atom. The monoisotopic (exact) mass is 322 g/mol. The van der Waals surface area contributed by atoms with E-state index in [-0.39, 0.29) is 18.4 Å². The quantitative estimate of drug-likeness (QED) is 0.872. The van der Waals surface area contributed by atoms with Crippen molar-refractivity contribution in [1.82, 2.24) is 10.6 Å². The van der Waals surface area contributed by atoms with Crippen LogP contribution < -0.4 is 10.6 Å². The Hall–Kier alpha value is -1.14. The molecule has 3 rings (SSSR count). The summed E-state index contributed by atoms with van der Waals surface area (Å²) in [5, 5.41) is 5.51. The molecule has 1 aliphatic heterocycles. The molecule has 0 atom stereocenters. The number of carbonyl (C=O) groups is 2. The van der Waals surface area contributed by atoms with Crippen molar-refractivity contribution in [3.8, 4) is 0 Å². The normalized spacial score (nSPS) is 18.5. The van der Waals surface area contributed by atoms with Crippen molar-refractivity contribution in [3.05, 3.63) is 35.4 Å². The van der Waals surface area contributed by atoms with E-state index in [0.29, 0.717) is 16.2 Å². The highest BCUT2D eigenvalue weighted by atomic mass is 32.2. The van der Waals surface area contributed by atoms with Crippen LogP contribution in [0.1, 0.15) is 33.3 Å². The van der Waals surface area contributed by atoms with Crippen LogP contribution in [0.2, 0.25) is 0 Å². The Morgan fingerprint density at radius 3 is 2.38 bits per heavy atom. The summed E-state index contributed by atoms with van der Waals surface area (Å²) in [5.41, 5.74) is 1.86. The number of hydrogen-bond acceptors (Lipinski definition) is 4. The third-order valence-electron chi connectivity index (χ3n) is 3.42. The lowest BCUT2D eigenvalue weighted by Crippen LogP contribution is -2.37. The molecule has 2 aliphatic rings. The van der Waals surface area contributed by atoms with Gasteiger partial charge in [0.05, 0.1) is 11.1 Å². The van der Waals surface area contributed by atoms with Gasteiger partial charge in [-0.2, -0.15) is 0 Å². The SMILES string of the molecule is O=C(CNC(=O)c1ccc(C2SCCS2)cc1)NC1CC1. The predicted molar refractivity (Wildman–Crippen MR) is 87.6 cm³/mol. The van der Waals surface area contributed by atoms with Crippen molar-refractivity contribution in [1.29, 1.82) is 0 Å². The molecular formula is C15H18N2O2S2. The van der Waals surface area contributed by atoms with Crippen LogP contribution >= 0.6 is 23.5 Å². The zero-order valence-electron chi connectivity index (χ0n) is 11.6. The van der Waals surface area contributed by atoms with E-state index in [9.17, 15) is 9.59 Å². The maximum atomic E-state index is 12.0. The molecule has 1 saturated carbocycles. The largest absolute Gasteiger partial charge is 0.352 e. The smallest absolute Gasteiger partial charge is 0.251 e.